The molecule has 166 valence electrons. The van der Waals surface area contributed by atoms with Gasteiger partial charge in [0.1, 0.15) is 17.6 Å². The van der Waals surface area contributed by atoms with Gasteiger partial charge in [-0.15, -0.1) is 11.3 Å². The third kappa shape index (κ3) is 3.89. The molecule has 1 aliphatic heterocycles. The molecule has 2 aliphatic rings. The number of ether oxygens (including phenoxy) is 1. The van der Waals surface area contributed by atoms with Gasteiger partial charge in [0.05, 0.1) is 17.1 Å². The van der Waals surface area contributed by atoms with Crippen LogP contribution in [0.15, 0.2) is 11.0 Å². The number of rotatable bonds is 5. The van der Waals surface area contributed by atoms with Crippen LogP contribution in [0.4, 0.5) is 4.79 Å². The number of esters is 1. The Bertz CT molecular complexity index is 1200. The van der Waals surface area contributed by atoms with Crippen molar-refractivity contribution < 1.29 is 19.1 Å². The van der Waals surface area contributed by atoms with Crippen LogP contribution in [0.1, 0.15) is 52.7 Å². The quantitative estimate of drug-likeness (QED) is 0.473. The van der Waals surface area contributed by atoms with Gasteiger partial charge in [0.2, 0.25) is 0 Å². The first-order valence-corrected chi connectivity index (χ1v) is 12.1. The highest BCUT2D eigenvalue weighted by atomic mass is 32.2. The van der Waals surface area contributed by atoms with Crippen LogP contribution >= 0.6 is 23.1 Å². The fourth-order valence-corrected chi connectivity index (χ4v) is 6.46. The summed E-state index contributed by atoms with van der Waals surface area (Å²) in [5, 5.41) is 10.3. The lowest BCUT2D eigenvalue weighted by Crippen LogP contribution is -2.34. The number of hydrogen-bond acceptors (Lipinski definition) is 7. The highest BCUT2D eigenvalue weighted by molar-refractivity contribution is 8.18. The number of carbonyl (C=O) groups is 3. The van der Waals surface area contributed by atoms with Crippen molar-refractivity contribution in [2.24, 2.45) is 0 Å². The topological polar surface area (TPSA) is 92.4 Å². The van der Waals surface area contributed by atoms with Gasteiger partial charge in [0, 0.05) is 16.3 Å². The summed E-state index contributed by atoms with van der Waals surface area (Å²) in [4.78, 5) is 39.2. The van der Waals surface area contributed by atoms with Gasteiger partial charge in [-0.25, -0.2) is 0 Å². The Kier molecular flexibility index (Phi) is 6.26. The lowest BCUT2D eigenvalue weighted by molar-refractivity contribution is -0.145. The van der Waals surface area contributed by atoms with Crippen LogP contribution in [0.3, 0.4) is 0 Å². The van der Waals surface area contributed by atoms with Crippen molar-refractivity contribution in [1.29, 1.82) is 5.26 Å². The van der Waals surface area contributed by atoms with Crippen molar-refractivity contribution in [3.63, 3.8) is 0 Å². The molecule has 0 spiro atoms. The Balaban J connectivity index is 1.68. The maximum Gasteiger partial charge on any atom is 0.326 e. The highest BCUT2D eigenvalue weighted by Gasteiger charge is 2.37. The average Bonchev–Trinajstić information content (AvgIpc) is 3.35. The molecule has 32 heavy (non-hydrogen) atoms. The van der Waals surface area contributed by atoms with Crippen LogP contribution in [-0.4, -0.2) is 39.7 Å². The largest absolute Gasteiger partial charge is 0.465 e. The Hall–Kier alpha value is -2.83. The summed E-state index contributed by atoms with van der Waals surface area (Å²) in [5.41, 5.74) is 4.57. The second-order valence-electron chi connectivity index (χ2n) is 7.74. The number of aryl methyl sites for hydroxylation is 2. The van der Waals surface area contributed by atoms with Gasteiger partial charge >= 0.3 is 5.97 Å². The monoisotopic (exact) mass is 469 g/mol. The number of carbonyl (C=O) groups excluding carboxylic acids is 3. The molecule has 2 aromatic heterocycles. The van der Waals surface area contributed by atoms with E-state index < -0.39 is 17.1 Å². The number of amides is 2. The molecule has 7 nitrogen and oxygen atoms in total. The molecule has 0 aromatic carbocycles. The number of imide groups is 1. The molecule has 3 heterocycles. The zero-order chi connectivity index (χ0) is 23.0. The second-order valence-corrected chi connectivity index (χ2v) is 9.81. The summed E-state index contributed by atoms with van der Waals surface area (Å²) in [7, 11) is 0. The summed E-state index contributed by atoms with van der Waals surface area (Å²) >= 11 is 2.49. The van der Waals surface area contributed by atoms with E-state index in [4.69, 9.17) is 4.74 Å². The van der Waals surface area contributed by atoms with Crippen molar-refractivity contribution in [1.82, 2.24) is 9.47 Å². The minimum Gasteiger partial charge on any atom is -0.465 e. The molecule has 0 bridgehead atoms. The Morgan fingerprint density at radius 2 is 2.03 bits per heavy atom. The van der Waals surface area contributed by atoms with Crippen molar-refractivity contribution >= 4 is 46.3 Å². The number of thiophene rings is 1. The molecule has 4 rings (SSSR count). The van der Waals surface area contributed by atoms with Crippen LogP contribution in [0, 0.1) is 25.2 Å². The lowest BCUT2D eigenvalue weighted by Gasteiger charge is -2.10. The Morgan fingerprint density at radius 1 is 1.28 bits per heavy atom. The Morgan fingerprint density at radius 3 is 2.75 bits per heavy atom. The van der Waals surface area contributed by atoms with Gasteiger partial charge in [-0.2, -0.15) is 5.26 Å². The fourth-order valence-electron chi connectivity index (χ4n) is 4.18. The van der Waals surface area contributed by atoms with Crippen LogP contribution in [0.25, 0.3) is 11.1 Å². The van der Waals surface area contributed by atoms with Gasteiger partial charge in [-0.3, -0.25) is 19.3 Å². The van der Waals surface area contributed by atoms with Crippen molar-refractivity contribution in [3.8, 4) is 11.1 Å². The summed E-state index contributed by atoms with van der Waals surface area (Å²) in [6.45, 7) is 5.39. The Labute approximate surface area is 194 Å². The van der Waals surface area contributed by atoms with E-state index in [2.05, 4.69) is 10.6 Å². The fraction of sp³-hybridized carbons (Fsp3) is 0.391. The molecule has 0 saturated carbocycles. The maximum absolute atomic E-state index is 12.7. The molecule has 0 N–H and O–H groups in total. The summed E-state index contributed by atoms with van der Waals surface area (Å²) in [5.74, 6) is -1.11. The molecule has 9 heteroatoms. The van der Waals surface area contributed by atoms with Crippen molar-refractivity contribution in [2.45, 2.75) is 46.5 Å². The van der Waals surface area contributed by atoms with E-state index >= 15 is 0 Å². The van der Waals surface area contributed by atoms with E-state index in [0.717, 1.165) is 69.9 Å². The minimum absolute atomic E-state index is 0.188. The summed E-state index contributed by atoms with van der Waals surface area (Å²) in [6.07, 6.45) is 5.89. The van der Waals surface area contributed by atoms with E-state index in [1.165, 1.54) is 10.4 Å². The first-order chi connectivity index (χ1) is 15.3. The van der Waals surface area contributed by atoms with E-state index in [9.17, 15) is 19.6 Å². The second kappa shape index (κ2) is 8.96. The number of hydrogen-bond donors (Lipinski definition) is 0. The lowest BCUT2D eigenvalue weighted by atomic mass is 9.96. The predicted molar refractivity (Wildman–Crippen MR) is 124 cm³/mol. The van der Waals surface area contributed by atoms with Gasteiger partial charge in [0.25, 0.3) is 11.1 Å². The molecule has 1 fully saturated rings. The molecule has 1 saturated heterocycles. The van der Waals surface area contributed by atoms with E-state index in [1.54, 1.807) is 24.3 Å². The number of fused-ring (bicyclic) bond motifs is 1. The predicted octanol–water partition coefficient (Wildman–Crippen LogP) is 4.51. The zero-order valence-electron chi connectivity index (χ0n) is 18.2. The highest BCUT2D eigenvalue weighted by Crippen LogP contribution is 2.39. The van der Waals surface area contributed by atoms with Crippen molar-refractivity contribution in [3.05, 3.63) is 43.9 Å². The smallest absolute Gasteiger partial charge is 0.326 e. The molecule has 2 aromatic rings. The van der Waals surface area contributed by atoms with Crippen LogP contribution in [0.5, 0.6) is 0 Å². The maximum atomic E-state index is 12.7. The third-order valence-electron chi connectivity index (χ3n) is 5.69. The van der Waals surface area contributed by atoms with Crippen LogP contribution in [0.2, 0.25) is 0 Å². The van der Waals surface area contributed by atoms with Crippen LogP contribution in [-0.2, 0) is 27.2 Å². The number of thioether (sulfide) groups is 1. The number of aromatic nitrogens is 1. The van der Waals surface area contributed by atoms with E-state index in [1.807, 2.05) is 19.9 Å². The van der Waals surface area contributed by atoms with Crippen LogP contribution < -0.4 is 0 Å². The van der Waals surface area contributed by atoms with Crippen molar-refractivity contribution in [2.75, 3.05) is 13.2 Å². The minimum atomic E-state index is -0.611. The SMILES string of the molecule is CCOC(=O)CN1C(=O)S/C(=C/c2cc(C)n(-c3sc4c(c3C#N)CCCC4)c2C)C1=O. The molecule has 1 aliphatic carbocycles. The standard InChI is InChI=1S/C23H23N3O4S2/c1-4-30-20(27)12-25-21(28)19(32-23(25)29)10-15-9-13(2)26(14(15)3)22-17(11-24)16-7-5-6-8-18(16)31-22/h9-10H,4-8,12H2,1-3H3/b19-10+. The summed E-state index contributed by atoms with van der Waals surface area (Å²) in [6, 6.07) is 4.36. The first-order valence-electron chi connectivity index (χ1n) is 10.5. The van der Waals surface area contributed by atoms with Gasteiger partial charge < -0.3 is 9.30 Å². The normalized spacial score (nSPS) is 17.1. The molecular formula is C23H23N3O4S2. The molecule has 0 radical (unpaired) electrons. The number of nitriles is 1. The van der Waals surface area contributed by atoms with E-state index in [-0.39, 0.29) is 18.1 Å². The van der Waals surface area contributed by atoms with E-state index in [0.29, 0.717) is 0 Å². The number of nitrogens with zero attached hydrogens (tertiary/aromatic N) is 3. The van der Waals surface area contributed by atoms with Gasteiger partial charge in [0.15, 0.2) is 0 Å². The molecule has 0 unspecified atom stereocenters. The molecule has 2 amide bonds. The van der Waals surface area contributed by atoms with Gasteiger partial charge in [-0.05, 0) is 81.5 Å². The summed E-state index contributed by atoms with van der Waals surface area (Å²) < 4.78 is 6.92. The first kappa shape index (κ1) is 22.4. The van der Waals surface area contributed by atoms with Gasteiger partial charge in [-0.1, -0.05) is 0 Å². The third-order valence-corrected chi connectivity index (χ3v) is 7.87. The zero-order valence-corrected chi connectivity index (χ0v) is 19.8. The average molecular weight is 470 g/mol. The molecular weight excluding hydrogens is 446 g/mol. The molecule has 0 atom stereocenters.